The number of benzene rings is 1. The zero-order valence-corrected chi connectivity index (χ0v) is 14.6. The van der Waals surface area contributed by atoms with Crippen LogP contribution in [0.15, 0.2) is 42.6 Å². The molecule has 1 N–H and O–H groups in total. The highest BCUT2D eigenvalue weighted by atomic mass is 19.1. The Morgan fingerprint density at radius 1 is 1.15 bits per heavy atom. The van der Waals surface area contributed by atoms with Crippen LogP contribution in [0.5, 0.6) is 5.75 Å². The van der Waals surface area contributed by atoms with E-state index in [-0.39, 0.29) is 17.5 Å². The van der Waals surface area contributed by atoms with Crippen LogP contribution < -0.4 is 0 Å². The molecule has 2 aliphatic rings. The molecule has 1 saturated heterocycles. The minimum absolute atomic E-state index is 0.0963. The van der Waals surface area contributed by atoms with Gasteiger partial charge in [0.1, 0.15) is 5.75 Å². The van der Waals surface area contributed by atoms with Gasteiger partial charge in [0, 0.05) is 30.4 Å². The number of fused-ring (bicyclic) bond motifs is 1. The number of phenols is 1. The fourth-order valence-electron chi connectivity index (χ4n) is 4.64. The van der Waals surface area contributed by atoms with E-state index >= 15 is 0 Å². The lowest BCUT2D eigenvalue weighted by atomic mass is 9.97. The van der Waals surface area contributed by atoms with Crippen molar-refractivity contribution in [2.45, 2.75) is 19.3 Å². The van der Waals surface area contributed by atoms with Crippen LogP contribution in [0.25, 0.3) is 0 Å². The molecule has 0 radical (unpaired) electrons. The maximum Gasteiger partial charge on any atom is 0.216 e. The van der Waals surface area contributed by atoms with Gasteiger partial charge >= 0.3 is 0 Å². The van der Waals surface area contributed by atoms with Crippen LogP contribution in [0.1, 0.15) is 28.8 Å². The fourth-order valence-corrected chi connectivity index (χ4v) is 4.64. The third-order valence-corrected chi connectivity index (χ3v) is 5.83. The molecular formula is C21H23FN2O2. The van der Waals surface area contributed by atoms with Crippen molar-refractivity contribution in [3.63, 3.8) is 0 Å². The van der Waals surface area contributed by atoms with E-state index in [0.717, 1.165) is 37.9 Å². The van der Waals surface area contributed by atoms with Gasteiger partial charge in [0.05, 0.1) is 6.54 Å². The standard InChI is InChI=1S/C21H23FN2O2/c22-21-16(2-1-7-23-21)8-14-9-17-11-24(12-18(17)10-14)13-20(26)15-3-5-19(25)6-4-15/h1-7,14,17-18,25H,8-13H2/t14?,17-,18+. The van der Waals surface area contributed by atoms with E-state index in [1.54, 1.807) is 30.3 Å². The topological polar surface area (TPSA) is 53.4 Å². The molecule has 4 nitrogen and oxygen atoms in total. The molecule has 0 bridgehead atoms. The quantitative estimate of drug-likeness (QED) is 0.661. The first-order valence-electron chi connectivity index (χ1n) is 9.22. The van der Waals surface area contributed by atoms with Crippen molar-refractivity contribution in [2.24, 2.45) is 17.8 Å². The second-order valence-electron chi connectivity index (χ2n) is 7.68. The van der Waals surface area contributed by atoms with Crippen LogP contribution in [-0.2, 0) is 6.42 Å². The van der Waals surface area contributed by atoms with Crippen molar-refractivity contribution >= 4 is 5.78 Å². The molecule has 26 heavy (non-hydrogen) atoms. The molecule has 1 saturated carbocycles. The maximum absolute atomic E-state index is 13.8. The van der Waals surface area contributed by atoms with Gasteiger partial charge < -0.3 is 5.11 Å². The normalized spacial score (nSPS) is 25.3. The van der Waals surface area contributed by atoms with Crippen molar-refractivity contribution in [3.8, 4) is 5.75 Å². The number of halogens is 1. The van der Waals surface area contributed by atoms with Gasteiger partial charge in [-0.2, -0.15) is 4.39 Å². The lowest BCUT2D eigenvalue weighted by Gasteiger charge is -2.18. The number of aromatic nitrogens is 1. The highest BCUT2D eigenvalue weighted by molar-refractivity contribution is 5.97. The largest absolute Gasteiger partial charge is 0.508 e. The third kappa shape index (κ3) is 3.63. The second kappa shape index (κ2) is 7.16. The summed E-state index contributed by atoms with van der Waals surface area (Å²) in [6.07, 6.45) is 4.45. The molecule has 1 aliphatic heterocycles. The van der Waals surface area contributed by atoms with Gasteiger partial charge in [-0.25, -0.2) is 4.98 Å². The summed E-state index contributed by atoms with van der Waals surface area (Å²) in [5, 5.41) is 9.33. The number of hydrogen-bond donors (Lipinski definition) is 1. The van der Waals surface area contributed by atoms with E-state index in [9.17, 15) is 14.3 Å². The molecule has 2 fully saturated rings. The Morgan fingerprint density at radius 3 is 2.50 bits per heavy atom. The van der Waals surface area contributed by atoms with E-state index in [0.29, 0.717) is 29.9 Å². The molecule has 1 aromatic carbocycles. The number of Topliss-reactive ketones (excluding diaryl/α,β-unsaturated/α-hetero) is 1. The number of likely N-dealkylation sites (tertiary alicyclic amines) is 1. The van der Waals surface area contributed by atoms with Crippen LogP contribution in [0.2, 0.25) is 0 Å². The molecule has 2 heterocycles. The van der Waals surface area contributed by atoms with Gasteiger partial charge in [-0.15, -0.1) is 0 Å². The highest BCUT2D eigenvalue weighted by Gasteiger charge is 2.41. The summed E-state index contributed by atoms with van der Waals surface area (Å²) in [5.74, 6) is 1.65. The SMILES string of the molecule is O=C(CN1C[C@H]2CC(Cc3cccnc3F)C[C@H]2C1)c1ccc(O)cc1. The first-order valence-corrected chi connectivity index (χ1v) is 9.22. The number of hydrogen-bond acceptors (Lipinski definition) is 4. The number of ketones is 1. The molecule has 1 unspecified atom stereocenters. The molecule has 0 amide bonds. The van der Waals surface area contributed by atoms with Gasteiger partial charge in [-0.1, -0.05) is 6.07 Å². The number of phenolic OH excluding ortho intramolecular Hbond substituents is 1. The third-order valence-electron chi connectivity index (χ3n) is 5.83. The summed E-state index contributed by atoms with van der Waals surface area (Å²) in [7, 11) is 0. The summed E-state index contributed by atoms with van der Waals surface area (Å²) < 4.78 is 13.8. The number of rotatable bonds is 5. The average molecular weight is 354 g/mol. The van der Waals surface area contributed by atoms with Gasteiger partial charge in [0.25, 0.3) is 0 Å². The van der Waals surface area contributed by atoms with E-state index in [4.69, 9.17) is 0 Å². The average Bonchev–Trinajstić information content (AvgIpc) is 3.15. The zero-order chi connectivity index (χ0) is 18.1. The Kier molecular flexibility index (Phi) is 4.72. The lowest BCUT2D eigenvalue weighted by Crippen LogP contribution is -2.29. The van der Waals surface area contributed by atoms with Crippen LogP contribution >= 0.6 is 0 Å². The van der Waals surface area contributed by atoms with Crippen molar-refractivity contribution in [3.05, 3.63) is 59.7 Å². The Morgan fingerprint density at radius 2 is 1.85 bits per heavy atom. The summed E-state index contributed by atoms with van der Waals surface area (Å²) in [4.78, 5) is 18.4. The van der Waals surface area contributed by atoms with Crippen LogP contribution in [0, 0.1) is 23.7 Å². The first-order chi connectivity index (χ1) is 12.6. The molecular weight excluding hydrogens is 331 g/mol. The minimum Gasteiger partial charge on any atom is -0.508 e. The molecule has 3 atom stereocenters. The Hall–Kier alpha value is -2.27. The maximum atomic E-state index is 13.8. The van der Waals surface area contributed by atoms with Gasteiger partial charge in [0.15, 0.2) is 5.78 Å². The van der Waals surface area contributed by atoms with E-state index in [1.165, 1.54) is 6.20 Å². The molecule has 5 heteroatoms. The second-order valence-corrected chi connectivity index (χ2v) is 7.68. The number of pyridine rings is 1. The zero-order valence-electron chi connectivity index (χ0n) is 14.6. The van der Waals surface area contributed by atoms with Crippen LogP contribution in [-0.4, -0.2) is 40.4 Å². The van der Waals surface area contributed by atoms with E-state index in [1.807, 2.05) is 6.07 Å². The van der Waals surface area contributed by atoms with Gasteiger partial charge in [0.2, 0.25) is 5.95 Å². The number of carbonyl (C=O) groups is 1. The van der Waals surface area contributed by atoms with Crippen molar-refractivity contribution < 1.29 is 14.3 Å². The lowest BCUT2D eigenvalue weighted by molar-refractivity contribution is 0.0940. The Bertz CT molecular complexity index is 779. The molecule has 1 aromatic heterocycles. The monoisotopic (exact) mass is 354 g/mol. The predicted octanol–water partition coefficient (Wildman–Crippen LogP) is 3.31. The molecule has 1 aliphatic carbocycles. The molecule has 4 rings (SSSR count). The molecule has 136 valence electrons. The number of aromatic hydroxyl groups is 1. The number of carbonyl (C=O) groups excluding carboxylic acids is 1. The molecule has 2 aromatic rings. The molecule has 0 spiro atoms. The summed E-state index contributed by atoms with van der Waals surface area (Å²) in [6.45, 7) is 2.32. The van der Waals surface area contributed by atoms with Crippen molar-refractivity contribution in [1.29, 1.82) is 0 Å². The minimum atomic E-state index is -0.342. The van der Waals surface area contributed by atoms with Crippen molar-refractivity contribution in [2.75, 3.05) is 19.6 Å². The van der Waals surface area contributed by atoms with E-state index in [2.05, 4.69) is 9.88 Å². The highest BCUT2D eigenvalue weighted by Crippen LogP contribution is 2.42. The smallest absolute Gasteiger partial charge is 0.216 e. The van der Waals surface area contributed by atoms with Gasteiger partial charge in [-0.3, -0.25) is 9.69 Å². The van der Waals surface area contributed by atoms with Gasteiger partial charge in [-0.05, 0) is 67.3 Å². The van der Waals surface area contributed by atoms with Crippen LogP contribution in [0.3, 0.4) is 0 Å². The fraction of sp³-hybridized carbons (Fsp3) is 0.429. The van der Waals surface area contributed by atoms with Crippen molar-refractivity contribution in [1.82, 2.24) is 9.88 Å². The number of nitrogens with zero attached hydrogens (tertiary/aromatic N) is 2. The Labute approximate surface area is 152 Å². The first kappa shape index (κ1) is 17.2. The van der Waals surface area contributed by atoms with Crippen LogP contribution in [0.4, 0.5) is 4.39 Å². The summed E-state index contributed by atoms with van der Waals surface area (Å²) in [6, 6.07) is 10.1. The van der Waals surface area contributed by atoms with E-state index < -0.39 is 0 Å². The predicted molar refractivity (Wildman–Crippen MR) is 96.5 cm³/mol. The summed E-state index contributed by atoms with van der Waals surface area (Å²) in [5.41, 5.74) is 1.36. The summed E-state index contributed by atoms with van der Waals surface area (Å²) >= 11 is 0. The Balaban J connectivity index is 1.30.